The number of nitrogens with zero attached hydrogens (tertiary/aromatic N) is 5. The molecule has 0 atom stereocenters. The van der Waals surface area contributed by atoms with Crippen molar-refractivity contribution in [2.45, 2.75) is 6.92 Å². The summed E-state index contributed by atoms with van der Waals surface area (Å²) < 4.78 is 5.72. The van der Waals surface area contributed by atoms with Crippen molar-refractivity contribution in [2.24, 2.45) is 0 Å². The summed E-state index contributed by atoms with van der Waals surface area (Å²) in [6.45, 7) is 1.75. The number of nitriles is 1. The summed E-state index contributed by atoms with van der Waals surface area (Å²) in [6.07, 6.45) is 0. The minimum absolute atomic E-state index is 0.0135. The van der Waals surface area contributed by atoms with Crippen LogP contribution < -0.4 is 20.7 Å². The van der Waals surface area contributed by atoms with E-state index < -0.39 is 11.0 Å². The van der Waals surface area contributed by atoms with Crippen LogP contribution in [-0.2, 0) is 0 Å². The number of benzene rings is 2. The minimum atomic E-state index is -0.615. The predicted octanol–water partition coefficient (Wildman–Crippen LogP) is 5.12. The first-order valence-corrected chi connectivity index (χ1v) is 10.5. The van der Waals surface area contributed by atoms with Gasteiger partial charge in [0.15, 0.2) is 5.82 Å². The number of carbonyl (C=O) groups excluding carboxylic acids is 1. The van der Waals surface area contributed by atoms with Crippen LogP contribution in [0.5, 0.6) is 11.8 Å². The third-order valence-corrected chi connectivity index (χ3v) is 4.79. The van der Waals surface area contributed by atoms with E-state index in [0.29, 0.717) is 28.7 Å². The number of hydrogen-bond acceptors (Lipinski definition) is 9. The average Bonchev–Trinajstić information content (AvgIpc) is 3.28. The SMILES string of the molecule is Cc1cc(Nc2cc(C#N)[nH]n2)nc(Oc2ccc(NC(=O)Nc3cccc([N+](=O)[O-])c3)cc2Cl)n1. The van der Waals surface area contributed by atoms with Gasteiger partial charge in [-0.25, -0.2) is 9.78 Å². The maximum absolute atomic E-state index is 12.3. The molecule has 4 aromatic rings. The second kappa shape index (κ2) is 10.4. The van der Waals surface area contributed by atoms with E-state index in [4.69, 9.17) is 21.6 Å². The molecule has 2 aromatic carbocycles. The fourth-order valence-corrected chi connectivity index (χ4v) is 3.19. The number of aromatic amines is 1. The van der Waals surface area contributed by atoms with Gasteiger partial charge in [0.2, 0.25) is 0 Å². The Hall–Kier alpha value is -5.22. The molecular weight excluding hydrogens is 490 g/mol. The quantitative estimate of drug-likeness (QED) is 0.195. The number of nitro benzene ring substituents is 1. The number of anilines is 4. The molecule has 0 bridgehead atoms. The van der Waals surface area contributed by atoms with Gasteiger partial charge in [-0.1, -0.05) is 17.7 Å². The largest absolute Gasteiger partial charge is 0.423 e. The van der Waals surface area contributed by atoms with Crippen LogP contribution in [0.1, 0.15) is 11.4 Å². The molecule has 2 heterocycles. The van der Waals surface area contributed by atoms with Crippen LogP contribution in [0.2, 0.25) is 5.02 Å². The van der Waals surface area contributed by atoms with E-state index in [1.54, 1.807) is 19.1 Å². The highest BCUT2D eigenvalue weighted by Gasteiger charge is 2.12. The zero-order valence-corrected chi connectivity index (χ0v) is 19.2. The standard InChI is InChI=1S/C22H16ClN9O4/c1-12-7-19(28-20-10-15(11-24)30-31-20)29-22(25-12)36-18-6-5-14(9-17(18)23)27-21(33)26-13-3-2-4-16(8-13)32(34)35/h2-10H,1H3,(H2,26,27,33)(H2,25,28,29,30,31). The molecule has 0 aliphatic rings. The summed E-state index contributed by atoms with van der Waals surface area (Å²) in [7, 11) is 0. The summed E-state index contributed by atoms with van der Waals surface area (Å²) in [5.74, 6) is 1.03. The van der Waals surface area contributed by atoms with Gasteiger partial charge in [-0.15, -0.1) is 0 Å². The predicted molar refractivity (Wildman–Crippen MR) is 131 cm³/mol. The maximum atomic E-state index is 12.3. The van der Waals surface area contributed by atoms with Gasteiger partial charge < -0.3 is 20.7 Å². The van der Waals surface area contributed by atoms with E-state index in [9.17, 15) is 14.9 Å². The molecule has 4 N–H and O–H groups in total. The van der Waals surface area contributed by atoms with Gasteiger partial charge in [0.25, 0.3) is 5.69 Å². The van der Waals surface area contributed by atoms with E-state index in [0.717, 1.165) is 0 Å². The normalized spacial score (nSPS) is 10.2. The van der Waals surface area contributed by atoms with Crippen LogP contribution in [0.25, 0.3) is 0 Å². The van der Waals surface area contributed by atoms with Crippen molar-refractivity contribution < 1.29 is 14.5 Å². The molecule has 2 amide bonds. The number of rotatable bonds is 7. The molecule has 0 spiro atoms. The topological polar surface area (TPSA) is 184 Å². The molecule has 2 aromatic heterocycles. The van der Waals surface area contributed by atoms with Crippen LogP contribution in [0.15, 0.2) is 54.6 Å². The first-order chi connectivity index (χ1) is 17.3. The van der Waals surface area contributed by atoms with Crippen molar-refractivity contribution in [1.82, 2.24) is 20.2 Å². The van der Waals surface area contributed by atoms with Crippen LogP contribution in [-0.4, -0.2) is 31.1 Å². The highest BCUT2D eigenvalue weighted by atomic mass is 35.5. The maximum Gasteiger partial charge on any atom is 0.324 e. The zero-order chi connectivity index (χ0) is 25.7. The summed E-state index contributed by atoms with van der Waals surface area (Å²) >= 11 is 6.32. The molecule has 0 radical (unpaired) electrons. The van der Waals surface area contributed by atoms with Gasteiger partial charge in [-0.05, 0) is 31.2 Å². The highest BCUT2D eigenvalue weighted by molar-refractivity contribution is 6.32. The Morgan fingerprint density at radius 1 is 1.11 bits per heavy atom. The molecule has 36 heavy (non-hydrogen) atoms. The molecule has 0 aliphatic carbocycles. The smallest absolute Gasteiger partial charge is 0.324 e. The molecule has 14 heteroatoms. The molecule has 180 valence electrons. The number of amides is 2. The third-order valence-electron chi connectivity index (χ3n) is 4.49. The number of aromatic nitrogens is 4. The first-order valence-electron chi connectivity index (χ1n) is 10.2. The Morgan fingerprint density at radius 2 is 1.89 bits per heavy atom. The monoisotopic (exact) mass is 505 g/mol. The summed E-state index contributed by atoms with van der Waals surface area (Å²) in [5, 5.41) is 34.5. The lowest BCUT2D eigenvalue weighted by atomic mass is 10.3. The van der Waals surface area contributed by atoms with E-state index in [1.807, 2.05) is 6.07 Å². The number of carbonyl (C=O) groups is 1. The molecule has 0 unspecified atom stereocenters. The number of nitro groups is 1. The van der Waals surface area contributed by atoms with Gasteiger partial charge in [0, 0.05) is 41.3 Å². The van der Waals surface area contributed by atoms with Gasteiger partial charge in [-0.2, -0.15) is 15.3 Å². The molecule has 0 fully saturated rings. The molecule has 0 aliphatic heterocycles. The summed E-state index contributed by atoms with van der Waals surface area (Å²) in [4.78, 5) is 31.1. The Balaban J connectivity index is 1.42. The van der Waals surface area contributed by atoms with E-state index >= 15 is 0 Å². The Morgan fingerprint density at radius 3 is 2.58 bits per heavy atom. The van der Waals surface area contributed by atoms with Crippen molar-refractivity contribution in [3.05, 3.63) is 81.1 Å². The fourth-order valence-electron chi connectivity index (χ4n) is 2.98. The minimum Gasteiger partial charge on any atom is -0.423 e. The third kappa shape index (κ3) is 6.01. The number of H-pyrrole nitrogens is 1. The van der Waals surface area contributed by atoms with Crippen LogP contribution in [0.4, 0.5) is 33.5 Å². The van der Waals surface area contributed by atoms with E-state index in [1.165, 1.54) is 42.5 Å². The Kier molecular flexibility index (Phi) is 6.89. The van der Waals surface area contributed by atoms with E-state index in [-0.39, 0.29) is 28.2 Å². The second-order valence-corrected chi connectivity index (χ2v) is 7.62. The number of halogens is 1. The molecular formula is C22H16ClN9O4. The molecule has 0 saturated heterocycles. The van der Waals surface area contributed by atoms with Crippen molar-refractivity contribution in [2.75, 3.05) is 16.0 Å². The van der Waals surface area contributed by atoms with Gasteiger partial charge in [0.1, 0.15) is 23.3 Å². The fraction of sp³-hybridized carbons (Fsp3) is 0.0455. The number of non-ortho nitro benzene ring substituents is 1. The van der Waals surface area contributed by atoms with E-state index in [2.05, 4.69) is 36.1 Å². The number of hydrogen-bond donors (Lipinski definition) is 4. The van der Waals surface area contributed by atoms with Crippen LogP contribution >= 0.6 is 11.6 Å². The first kappa shape index (κ1) is 23.9. The van der Waals surface area contributed by atoms with Crippen molar-refractivity contribution in [1.29, 1.82) is 5.26 Å². The molecule has 4 rings (SSSR count). The Labute approximate surface area is 208 Å². The summed E-state index contributed by atoms with van der Waals surface area (Å²) in [5.41, 5.74) is 1.36. The van der Waals surface area contributed by atoms with Crippen molar-refractivity contribution in [3.8, 4) is 17.8 Å². The number of aryl methyl sites for hydroxylation is 1. The highest BCUT2D eigenvalue weighted by Crippen LogP contribution is 2.31. The molecule has 13 nitrogen and oxygen atoms in total. The Bertz CT molecular complexity index is 1500. The van der Waals surface area contributed by atoms with Crippen LogP contribution in [0, 0.1) is 28.4 Å². The van der Waals surface area contributed by atoms with Gasteiger partial charge >= 0.3 is 12.0 Å². The van der Waals surface area contributed by atoms with Crippen molar-refractivity contribution in [3.63, 3.8) is 0 Å². The number of ether oxygens (including phenoxy) is 1. The van der Waals surface area contributed by atoms with Gasteiger partial charge in [0.05, 0.1) is 9.95 Å². The number of nitrogens with one attached hydrogen (secondary N) is 4. The van der Waals surface area contributed by atoms with Crippen LogP contribution in [0.3, 0.4) is 0 Å². The van der Waals surface area contributed by atoms with Crippen molar-refractivity contribution >= 4 is 46.3 Å². The number of urea groups is 1. The summed E-state index contributed by atoms with van der Waals surface area (Å²) in [6, 6.07) is 14.6. The average molecular weight is 506 g/mol. The van der Waals surface area contributed by atoms with Gasteiger partial charge in [-0.3, -0.25) is 15.2 Å². The lowest BCUT2D eigenvalue weighted by molar-refractivity contribution is -0.384. The second-order valence-electron chi connectivity index (χ2n) is 7.21. The lowest BCUT2D eigenvalue weighted by Crippen LogP contribution is -2.19. The lowest BCUT2D eigenvalue weighted by Gasteiger charge is -2.11. The zero-order valence-electron chi connectivity index (χ0n) is 18.4. The molecule has 0 saturated carbocycles.